The molecule has 3 amide bonds. The van der Waals surface area contributed by atoms with Crippen LogP contribution in [0.15, 0.2) is 60.0 Å². The third-order valence-electron chi connectivity index (χ3n) is 4.77. The van der Waals surface area contributed by atoms with E-state index >= 15 is 0 Å². The molecule has 0 bridgehead atoms. The molecule has 3 aromatic rings. The van der Waals surface area contributed by atoms with Gasteiger partial charge in [-0.05, 0) is 35.9 Å². The lowest BCUT2D eigenvalue weighted by molar-refractivity contribution is -0.116. The molecule has 2 aromatic heterocycles. The Hall–Kier alpha value is -3.74. The van der Waals surface area contributed by atoms with Gasteiger partial charge in [-0.3, -0.25) is 9.78 Å². The summed E-state index contributed by atoms with van der Waals surface area (Å²) in [7, 11) is -5.54. The first kappa shape index (κ1) is 21.5. The van der Waals surface area contributed by atoms with Crippen LogP contribution in [-0.4, -0.2) is 52.3 Å². The van der Waals surface area contributed by atoms with Crippen molar-refractivity contribution in [2.24, 2.45) is 0 Å². The van der Waals surface area contributed by atoms with Gasteiger partial charge in [0, 0.05) is 36.9 Å². The molecule has 1 N–H and O–H groups in total. The van der Waals surface area contributed by atoms with Crippen LogP contribution in [0.5, 0.6) is 0 Å². The zero-order chi connectivity index (χ0) is 23.1. The van der Waals surface area contributed by atoms with Crippen molar-refractivity contribution in [3.63, 3.8) is 0 Å². The normalized spacial score (nSPS) is 15.0. The van der Waals surface area contributed by atoms with Crippen molar-refractivity contribution >= 4 is 27.5 Å². The van der Waals surface area contributed by atoms with E-state index in [9.17, 15) is 31.2 Å². The van der Waals surface area contributed by atoms with E-state index in [1.54, 1.807) is 24.7 Å². The Morgan fingerprint density at radius 1 is 1.06 bits per heavy atom. The van der Waals surface area contributed by atoms with Crippen molar-refractivity contribution in [2.75, 3.05) is 11.4 Å². The van der Waals surface area contributed by atoms with E-state index in [2.05, 4.69) is 15.0 Å². The van der Waals surface area contributed by atoms with Crippen LogP contribution in [0.4, 0.5) is 23.7 Å². The van der Waals surface area contributed by atoms with Crippen LogP contribution < -0.4 is 4.90 Å². The van der Waals surface area contributed by atoms with E-state index in [-0.39, 0.29) is 18.8 Å². The van der Waals surface area contributed by atoms with E-state index in [0.717, 1.165) is 17.0 Å². The lowest BCUT2D eigenvalue weighted by Gasteiger charge is -2.18. The topological polar surface area (TPSA) is 116 Å². The van der Waals surface area contributed by atoms with Crippen LogP contribution in [0.2, 0.25) is 0 Å². The van der Waals surface area contributed by atoms with Gasteiger partial charge in [-0.2, -0.15) is 13.2 Å². The maximum Gasteiger partial charge on any atom is 0.501 e. The Morgan fingerprint density at radius 3 is 2.41 bits per heavy atom. The second kappa shape index (κ2) is 7.75. The van der Waals surface area contributed by atoms with Crippen molar-refractivity contribution < 1.29 is 31.2 Å². The highest BCUT2D eigenvalue weighted by molar-refractivity contribution is 7.92. The number of nitrogens with zero attached hydrogens (tertiary/aromatic N) is 4. The molecular weight excluding hydrogens is 451 g/mol. The Kier molecular flexibility index (Phi) is 5.20. The first-order chi connectivity index (χ1) is 15.1. The first-order valence-electron chi connectivity index (χ1n) is 9.05. The lowest BCUT2D eigenvalue weighted by atomic mass is 10.1. The van der Waals surface area contributed by atoms with Crippen molar-refractivity contribution in [2.45, 2.75) is 16.9 Å². The standard InChI is InChI=1S/C19H14F3N5O4S/c20-19(21,22)32(30,31)14-3-1-13(2-4-14)27-16(28)11-26(18(27)29)10-12-5-6-23-9-15(12)17-24-7-8-25-17/h1-9H,10-11H2,(H,24,25). The number of benzene rings is 1. The van der Waals surface area contributed by atoms with Gasteiger partial charge in [0.25, 0.3) is 15.7 Å². The monoisotopic (exact) mass is 465 g/mol. The summed E-state index contributed by atoms with van der Waals surface area (Å²) in [6.45, 7) is -0.207. The number of pyridine rings is 1. The van der Waals surface area contributed by atoms with Gasteiger partial charge in [0.05, 0.1) is 10.6 Å². The van der Waals surface area contributed by atoms with Gasteiger partial charge in [-0.15, -0.1) is 0 Å². The molecule has 13 heteroatoms. The van der Waals surface area contributed by atoms with Gasteiger partial charge in [0.2, 0.25) is 0 Å². The molecule has 4 rings (SSSR count). The minimum Gasteiger partial charge on any atom is -0.345 e. The highest BCUT2D eigenvalue weighted by Gasteiger charge is 2.47. The van der Waals surface area contributed by atoms with Gasteiger partial charge in [-0.25, -0.2) is 23.1 Å². The Labute approximate surface area is 179 Å². The summed E-state index contributed by atoms with van der Waals surface area (Å²) in [5, 5.41) is 0. The number of H-pyrrole nitrogens is 1. The predicted molar refractivity (Wildman–Crippen MR) is 105 cm³/mol. The van der Waals surface area contributed by atoms with Crippen molar-refractivity contribution in [1.29, 1.82) is 0 Å². The van der Waals surface area contributed by atoms with Gasteiger partial charge in [0.15, 0.2) is 0 Å². The molecule has 1 aromatic carbocycles. The molecule has 1 saturated heterocycles. The van der Waals surface area contributed by atoms with E-state index in [1.165, 1.54) is 11.1 Å². The van der Waals surface area contributed by atoms with Crippen molar-refractivity contribution in [1.82, 2.24) is 19.9 Å². The zero-order valence-electron chi connectivity index (χ0n) is 16.1. The second-order valence-electron chi connectivity index (χ2n) is 6.78. The van der Waals surface area contributed by atoms with Gasteiger partial charge in [-0.1, -0.05) is 0 Å². The number of hydrogen-bond donors (Lipinski definition) is 1. The van der Waals surface area contributed by atoms with Crippen LogP contribution in [0.25, 0.3) is 11.4 Å². The molecular formula is C19H14F3N5O4S. The average molecular weight is 465 g/mol. The molecule has 166 valence electrons. The number of amides is 3. The summed E-state index contributed by atoms with van der Waals surface area (Å²) in [6.07, 6.45) is 6.28. The number of imide groups is 1. The number of aromatic nitrogens is 3. The number of nitrogens with one attached hydrogen (secondary N) is 1. The number of aromatic amines is 1. The molecule has 0 saturated carbocycles. The molecule has 0 spiro atoms. The number of alkyl halides is 3. The second-order valence-corrected chi connectivity index (χ2v) is 8.72. The molecule has 3 heterocycles. The molecule has 1 aliphatic rings. The lowest BCUT2D eigenvalue weighted by Crippen LogP contribution is -2.33. The van der Waals surface area contributed by atoms with E-state index in [1.807, 2.05) is 0 Å². The summed E-state index contributed by atoms with van der Waals surface area (Å²) in [5.74, 6) is -0.0700. The maximum atomic E-state index is 12.9. The number of imidazole rings is 1. The smallest absolute Gasteiger partial charge is 0.345 e. The Morgan fingerprint density at radius 2 is 1.78 bits per heavy atom. The summed E-state index contributed by atoms with van der Waals surface area (Å²) < 4.78 is 61.2. The summed E-state index contributed by atoms with van der Waals surface area (Å²) in [6, 6.07) is 4.37. The minimum atomic E-state index is -5.54. The number of carbonyl (C=O) groups is 2. The number of anilines is 1. The quantitative estimate of drug-likeness (QED) is 0.580. The van der Waals surface area contributed by atoms with Gasteiger partial charge >= 0.3 is 11.5 Å². The SMILES string of the molecule is O=C1CN(Cc2ccncc2-c2ncc[nH]2)C(=O)N1c1ccc(S(=O)(=O)C(F)(F)F)cc1. The fourth-order valence-corrected chi connectivity index (χ4v) is 3.99. The Bertz CT molecular complexity index is 1280. The molecule has 1 fully saturated rings. The molecule has 9 nitrogen and oxygen atoms in total. The highest BCUT2D eigenvalue weighted by Crippen LogP contribution is 2.32. The molecule has 1 aliphatic heterocycles. The van der Waals surface area contributed by atoms with Crippen LogP contribution in [0.1, 0.15) is 5.56 Å². The number of urea groups is 1. The van der Waals surface area contributed by atoms with E-state index in [4.69, 9.17) is 0 Å². The maximum absolute atomic E-state index is 12.9. The average Bonchev–Trinajstić information content (AvgIpc) is 3.36. The number of hydrogen-bond acceptors (Lipinski definition) is 6. The fourth-order valence-electron chi connectivity index (χ4n) is 3.23. The van der Waals surface area contributed by atoms with Gasteiger partial charge < -0.3 is 9.88 Å². The number of rotatable bonds is 5. The van der Waals surface area contributed by atoms with E-state index < -0.39 is 32.2 Å². The third-order valence-corrected chi connectivity index (χ3v) is 6.28. The summed E-state index contributed by atoms with van der Waals surface area (Å²) >= 11 is 0. The van der Waals surface area contributed by atoms with Crippen LogP contribution in [0, 0.1) is 0 Å². The van der Waals surface area contributed by atoms with Crippen LogP contribution >= 0.6 is 0 Å². The highest BCUT2D eigenvalue weighted by atomic mass is 32.2. The van der Waals surface area contributed by atoms with E-state index in [0.29, 0.717) is 29.1 Å². The first-order valence-corrected chi connectivity index (χ1v) is 10.5. The fraction of sp³-hybridized carbons (Fsp3) is 0.158. The van der Waals surface area contributed by atoms with Crippen molar-refractivity contribution in [3.8, 4) is 11.4 Å². The predicted octanol–water partition coefficient (Wildman–Crippen LogP) is 2.73. The van der Waals surface area contributed by atoms with Crippen LogP contribution in [-0.2, 0) is 21.2 Å². The summed E-state index contributed by atoms with van der Waals surface area (Å²) in [4.78, 5) is 37.5. The minimum absolute atomic E-state index is 0.0374. The third kappa shape index (κ3) is 3.70. The van der Waals surface area contributed by atoms with Crippen molar-refractivity contribution in [3.05, 3.63) is 60.7 Å². The molecule has 0 unspecified atom stereocenters. The van der Waals surface area contributed by atoms with Crippen LogP contribution in [0.3, 0.4) is 0 Å². The number of sulfone groups is 1. The number of carbonyl (C=O) groups excluding carboxylic acids is 2. The van der Waals surface area contributed by atoms with Gasteiger partial charge in [0.1, 0.15) is 12.4 Å². The molecule has 32 heavy (non-hydrogen) atoms. The molecule has 0 aliphatic carbocycles. The Balaban J connectivity index is 1.57. The largest absolute Gasteiger partial charge is 0.501 e. The molecule has 0 atom stereocenters. The number of halogens is 3. The zero-order valence-corrected chi connectivity index (χ0v) is 16.9. The summed E-state index contributed by atoms with van der Waals surface area (Å²) in [5.41, 5.74) is -4.19. The molecule has 0 radical (unpaired) electrons.